The molecule has 1 heterocycles. The third-order valence-corrected chi connectivity index (χ3v) is 3.27. The summed E-state index contributed by atoms with van der Waals surface area (Å²) in [5.41, 5.74) is 0.872. The van der Waals surface area contributed by atoms with E-state index >= 15 is 0 Å². The number of nitrogens with zero attached hydrogens (tertiary/aromatic N) is 1. The van der Waals surface area contributed by atoms with Gasteiger partial charge < -0.3 is 14.0 Å². The lowest BCUT2D eigenvalue weighted by molar-refractivity contribution is -0.189. The second-order valence-corrected chi connectivity index (χ2v) is 5.34. The molecule has 0 aliphatic carbocycles. The number of aromatic nitrogens is 1. The molecule has 0 unspecified atom stereocenters. The molecule has 130 valence electrons. The summed E-state index contributed by atoms with van der Waals surface area (Å²) in [4.78, 5) is 22.6. The summed E-state index contributed by atoms with van der Waals surface area (Å²) in [7, 11) is 0. The Bertz CT molecular complexity index is 742. The van der Waals surface area contributed by atoms with Crippen molar-refractivity contribution in [1.82, 2.24) is 4.57 Å². The first-order chi connectivity index (χ1) is 11.2. The van der Waals surface area contributed by atoms with Crippen LogP contribution in [0, 0.1) is 0 Å². The molecule has 1 aromatic heterocycles. The lowest BCUT2D eigenvalue weighted by Crippen LogP contribution is -2.24. The van der Waals surface area contributed by atoms with Crippen molar-refractivity contribution in [3.8, 4) is 0 Å². The minimum atomic E-state index is -4.61. The number of esters is 2. The van der Waals surface area contributed by atoms with E-state index in [4.69, 9.17) is 11.6 Å². The van der Waals surface area contributed by atoms with E-state index in [-0.39, 0.29) is 6.42 Å². The Morgan fingerprint density at radius 3 is 2.58 bits per heavy atom. The van der Waals surface area contributed by atoms with Crippen molar-refractivity contribution in [2.45, 2.75) is 19.1 Å². The number of carbonyl (C=O) groups excluding carboxylic acids is 2. The molecule has 0 bridgehead atoms. The van der Waals surface area contributed by atoms with E-state index in [2.05, 4.69) is 9.47 Å². The summed E-state index contributed by atoms with van der Waals surface area (Å²) in [5.74, 6) is -1.96. The number of hydrogen-bond donors (Lipinski definition) is 0. The Morgan fingerprint density at radius 1 is 1.12 bits per heavy atom. The number of ether oxygens (including phenoxy) is 2. The van der Waals surface area contributed by atoms with Crippen LogP contribution in [0.3, 0.4) is 0 Å². The highest BCUT2D eigenvalue weighted by molar-refractivity contribution is 6.31. The molecule has 2 aromatic rings. The molecule has 0 aliphatic heterocycles. The number of aryl methyl sites for hydroxylation is 1. The number of rotatable bonds is 6. The molecule has 2 rings (SSSR count). The zero-order valence-corrected chi connectivity index (χ0v) is 13.1. The number of carbonyl (C=O) groups is 2. The number of benzene rings is 1. The van der Waals surface area contributed by atoms with Crippen LogP contribution >= 0.6 is 11.6 Å². The highest BCUT2D eigenvalue weighted by Crippen LogP contribution is 2.20. The van der Waals surface area contributed by atoms with E-state index < -0.39 is 31.3 Å². The quantitative estimate of drug-likeness (QED) is 0.739. The van der Waals surface area contributed by atoms with E-state index in [0.29, 0.717) is 11.6 Å². The minimum absolute atomic E-state index is 0.0427. The summed E-state index contributed by atoms with van der Waals surface area (Å²) < 4.78 is 45.8. The fourth-order valence-electron chi connectivity index (χ4n) is 1.99. The van der Waals surface area contributed by atoms with Gasteiger partial charge in [-0.15, -0.1) is 0 Å². The second-order valence-electron chi connectivity index (χ2n) is 4.90. The van der Waals surface area contributed by atoms with Crippen LogP contribution in [0.4, 0.5) is 13.2 Å². The van der Waals surface area contributed by atoms with Crippen molar-refractivity contribution >= 4 is 34.4 Å². The molecular formula is C15H13ClF3NO4. The Hall–Kier alpha value is -2.22. The van der Waals surface area contributed by atoms with Gasteiger partial charge in [-0.25, -0.2) is 4.79 Å². The standard InChI is InChI=1S/C15H13ClF3NO4/c16-11-1-2-12-10(7-11)3-5-20(12)6-4-13(21)23-8-14(22)24-9-15(17,18)19/h1-3,5,7H,4,6,8-9H2. The molecular weight excluding hydrogens is 351 g/mol. The molecule has 0 radical (unpaired) electrons. The molecule has 0 aliphatic rings. The summed E-state index contributed by atoms with van der Waals surface area (Å²) in [6.45, 7) is -2.26. The second kappa shape index (κ2) is 7.57. The molecule has 1 aromatic carbocycles. The smallest absolute Gasteiger partial charge is 0.422 e. The van der Waals surface area contributed by atoms with Crippen molar-refractivity contribution in [2.24, 2.45) is 0 Å². The van der Waals surface area contributed by atoms with Gasteiger partial charge in [-0.05, 0) is 24.3 Å². The number of fused-ring (bicyclic) bond motifs is 1. The van der Waals surface area contributed by atoms with Gasteiger partial charge >= 0.3 is 18.1 Å². The van der Waals surface area contributed by atoms with Crippen LogP contribution in [0.25, 0.3) is 10.9 Å². The van der Waals surface area contributed by atoms with Crippen LogP contribution in [0.5, 0.6) is 0 Å². The van der Waals surface area contributed by atoms with E-state index in [1.54, 1.807) is 29.0 Å². The van der Waals surface area contributed by atoms with Gasteiger partial charge in [0.2, 0.25) is 0 Å². The van der Waals surface area contributed by atoms with Gasteiger partial charge in [-0.2, -0.15) is 13.2 Å². The summed E-state index contributed by atoms with van der Waals surface area (Å²) >= 11 is 5.88. The maximum atomic E-state index is 11.8. The van der Waals surface area contributed by atoms with E-state index in [1.165, 1.54) is 0 Å². The molecule has 0 atom stereocenters. The van der Waals surface area contributed by atoms with Crippen LogP contribution in [0.1, 0.15) is 6.42 Å². The van der Waals surface area contributed by atoms with Crippen molar-refractivity contribution < 1.29 is 32.2 Å². The lowest BCUT2D eigenvalue weighted by atomic mass is 10.2. The first-order valence-electron chi connectivity index (χ1n) is 6.87. The topological polar surface area (TPSA) is 57.5 Å². The minimum Gasteiger partial charge on any atom is -0.454 e. The summed E-state index contributed by atoms with van der Waals surface area (Å²) in [5, 5.41) is 1.50. The lowest BCUT2D eigenvalue weighted by Gasteiger charge is -2.09. The van der Waals surface area contributed by atoms with Crippen LogP contribution in [0.2, 0.25) is 5.02 Å². The molecule has 0 N–H and O–H groups in total. The maximum Gasteiger partial charge on any atom is 0.422 e. The number of alkyl halides is 3. The third-order valence-electron chi connectivity index (χ3n) is 3.04. The largest absolute Gasteiger partial charge is 0.454 e. The van der Waals surface area contributed by atoms with Crippen LogP contribution < -0.4 is 0 Å². The number of hydrogen-bond acceptors (Lipinski definition) is 4. The monoisotopic (exact) mass is 363 g/mol. The molecule has 24 heavy (non-hydrogen) atoms. The molecule has 0 saturated carbocycles. The average molecular weight is 364 g/mol. The first-order valence-corrected chi connectivity index (χ1v) is 7.25. The van der Waals surface area contributed by atoms with Gasteiger partial charge in [0.15, 0.2) is 13.2 Å². The highest BCUT2D eigenvalue weighted by Gasteiger charge is 2.29. The molecule has 0 fully saturated rings. The van der Waals surface area contributed by atoms with Crippen LogP contribution in [-0.2, 0) is 25.6 Å². The van der Waals surface area contributed by atoms with Gasteiger partial charge in [-0.3, -0.25) is 4.79 Å². The van der Waals surface area contributed by atoms with Gasteiger partial charge in [-0.1, -0.05) is 11.6 Å². The van der Waals surface area contributed by atoms with E-state index in [0.717, 1.165) is 10.9 Å². The van der Waals surface area contributed by atoms with Crippen molar-refractivity contribution in [2.75, 3.05) is 13.2 Å². The molecule has 0 spiro atoms. The average Bonchev–Trinajstić information content (AvgIpc) is 2.90. The van der Waals surface area contributed by atoms with Gasteiger partial charge in [0.1, 0.15) is 0 Å². The van der Waals surface area contributed by atoms with Crippen molar-refractivity contribution in [3.05, 3.63) is 35.5 Å². The van der Waals surface area contributed by atoms with E-state index in [1.807, 2.05) is 6.07 Å². The molecule has 5 nitrogen and oxygen atoms in total. The number of halogens is 4. The van der Waals surface area contributed by atoms with Crippen molar-refractivity contribution in [3.63, 3.8) is 0 Å². The zero-order chi connectivity index (χ0) is 17.7. The van der Waals surface area contributed by atoms with Crippen LogP contribution in [-0.4, -0.2) is 35.9 Å². The van der Waals surface area contributed by atoms with Gasteiger partial charge in [0.25, 0.3) is 0 Å². The molecule has 0 saturated heterocycles. The van der Waals surface area contributed by atoms with Gasteiger partial charge in [0.05, 0.1) is 6.42 Å². The molecule has 0 amide bonds. The van der Waals surface area contributed by atoms with E-state index in [9.17, 15) is 22.8 Å². The first kappa shape index (κ1) is 18.1. The van der Waals surface area contributed by atoms with Gasteiger partial charge in [0, 0.05) is 28.7 Å². The SMILES string of the molecule is O=C(CCn1ccc2cc(Cl)ccc21)OCC(=O)OCC(F)(F)F. The Morgan fingerprint density at radius 2 is 1.88 bits per heavy atom. The van der Waals surface area contributed by atoms with Crippen LogP contribution in [0.15, 0.2) is 30.5 Å². The van der Waals surface area contributed by atoms with Crippen molar-refractivity contribution in [1.29, 1.82) is 0 Å². The normalized spacial score (nSPS) is 11.5. The fourth-order valence-corrected chi connectivity index (χ4v) is 2.17. The zero-order valence-electron chi connectivity index (χ0n) is 12.3. The summed E-state index contributed by atoms with van der Waals surface area (Å²) in [6, 6.07) is 7.14. The maximum absolute atomic E-state index is 11.8. The Labute approximate surface area is 139 Å². The molecule has 9 heteroatoms. The summed E-state index contributed by atoms with van der Waals surface area (Å²) in [6.07, 6.45) is -2.89. The third kappa shape index (κ3) is 5.45. The predicted molar refractivity (Wildman–Crippen MR) is 79.5 cm³/mol. The highest BCUT2D eigenvalue weighted by atomic mass is 35.5. The fraction of sp³-hybridized carbons (Fsp3) is 0.333. The predicted octanol–water partition coefficient (Wildman–Crippen LogP) is 3.33. The Balaban J connectivity index is 1.77. The Kier molecular flexibility index (Phi) is 5.71.